The molecule has 1 fully saturated rings. The molecule has 0 saturated carbocycles. The topological polar surface area (TPSA) is 92.8 Å². The second-order valence-corrected chi connectivity index (χ2v) is 10.2. The molecule has 2 aliphatic rings. The zero-order chi connectivity index (χ0) is 22.4. The number of sulfonamides is 1. The van der Waals surface area contributed by atoms with Gasteiger partial charge in [-0.3, -0.25) is 9.59 Å². The number of amides is 1. The zero-order valence-corrected chi connectivity index (χ0v) is 18.9. The van der Waals surface area contributed by atoms with Gasteiger partial charge in [0.2, 0.25) is 15.9 Å². The average molecular weight is 483 g/mol. The van der Waals surface area contributed by atoms with Gasteiger partial charge in [0, 0.05) is 13.0 Å². The summed E-state index contributed by atoms with van der Waals surface area (Å²) in [5.74, 6) is 0.0620. The molecule has 164 valence electrons. The van der Waals surface area contributed by atoms with E-state index in [2.05, 4.69) is 4.72 Å². The molecule has 2 aromatic carbocycles. The molecule has 7 nitrogen and oxygen atoms in total. The molecule has 1 N–H and O–H groups in total. The lowest BCUT2D eigenvalue weighted by atomic mass is 9.89. The second-order valence-electron chi connectivity index (χ2n) is 7.78. The van der Waals surface area contributed by atoms with Gasteiger partial charge in [0.05, 0.1) is 34.6 Å². The highest BCUT2D eigenvalue weighted by molar-refractivity contribution is 7.89. The summed E-state index contributed by atoms with van der Waals surface area (Å²) in [5, 5.41) is -0.0693. The molecule has 0 aliphatic carbocycles. The van der Waals surface area contributed by atoms with Crippen molar-refractivity contribution in [3.63, 3.8) is 0 Å². The maximum atomic E-state index is 13.0. The number of hydrogen-bond donors (Lipinski definition) is 1. The Kier molecular flexibility index (Phi) is 5.76. The maximum Gasteiger partial charge on any atom is 0.244 e. The van der Waals surface area contributed by atoms with E-state index < -0.39 is 27.6 Å². The first-order valence-electron chi connectivity index (χ1n) is 9.68. The van der Waals surface area contributed by atoms with Gasteiger partial charge in [-0.25, -0.2) is 8.42 Å². The van der Waals surface area contributed by atoms with Crippen LogP contribution in [0.5, 0.6) is 5.75 Å². The van der Waals surface area contributed by atoms with Gasteiger partial charge >= 0.3 is 0 Å². The van der Waals surface area contributed by atoms with Crippen LogP contribution in [-0.4, -0.2) is 49.7 Å². The maximum absolute atomic E-state index is 13.0. The number of halogens is 2. The van der Waals surface area contributed by atoms with Crippen LogP contribution in [0.2, 0.25) is 10.0 Å². The Bertz CT molecular complexity index is 1150. The molecule has 4 rings (SSSR count). The molecule has 2 unspecified atom stereocenters. The average Bonchev–Trinajstić information content (AvgIpc) is 3.09. The highest BCUT2D eigenvalue weighted by atomic mass is 35.5. The van der Waals surface area contributed by atoms with E-state index in [-0.39, 0.29) is 33.7 Å². The predicted octanol–water partition coefficient (Wildman–Crippen LogP) is 3.30. The molecular formula is C21H20Cl2N2O5S. The molecule has 1 spiro atoms. The van der Waals surface area contributed by atoms with E-state index in [1.54, 1.807) is 24.3 Å². The minimum atomic E-state index is -4.12. The van der Waals surface area contributed by atoms with E-state index in [1.165, 1.54) is 30.0 Å². The number of Topliss-reactive ketones (excluding diaryl/α,β-unsaturated/α-hetero) is 1. The summed E-state index contributed by atoms with van der Waals surface area (Å²) < 4.78 is 34.0. The first kappa shape index (κ1) is 22.1. The molecular weight excluding hydrogens is 463 g/mol. The van der Waals surface area contributed by atoms with Crippen LogP contribution >= 0.6 is 23.2 Å². The Hall–Kier alpha value is -2.13. The lowest BCUT2D eigenvalue weighted by Gasteiger charge is -2.34. The Morgan fingerprint density at radius 1 is 1.16 bits per heavy atom. The molecule has 1 amide bonds. The van der Waals surface area contributed by atoms with Crippen LogP contribution in [0, 0.1) is 0 Å². The van der Waals surface area contributed by atoms with Crippen molar-refractivity contribution in [3.8, 4) is 5.75 Å². The SMILES string of the molecule is CC(NS(=O)(=O)c1c(Cl)cccc1Cl)C(=O)N1CCC2(CC(=O)c3ccccc3O2)C1. The smallest absolute Gasteiger partial charge is 0.244 e. The van der Waals surface area contributed by atoms with Crippen molar-refractivity contribution in [1.82, 2.24) is 9.62 Å². The van der Waals surface area contributed by atoms with Crippen LogP contribution in [0.15, 0.2) is 47.4 Å². The summed E-state index contributed by atoms with van der Waals surface area (Å²) in [6, 6.07) is 10.3. The number of ketones is 1. The van der Waals surface area contributed by atoms with Crippen molar-refractivity contribution in [2.75, 3.05) is 13.1 Å². The van der Waals surface area contributed by atoms with E-state index in [0.29, 0.717) is 24.3 Å². The quantitative estimate of drug-likeness (QED) is 0.721. The summed E-state index contributed by atoms with van der Waals surface area (Å²) >= 11 is 12.0. The fraction of sp³-hybridized carbons (Fsp3) is 0.333. The third kappa shape index (κ3) is 4.17. The number of carbonyl (C=O) groups is 2. The zero-order valence-electron chi connectivity index (χ0n) is 16.6. The molecule has 0 radical (unpaired) electrons. The van der Waals surface area contributed by atoms with E-state index in [0.717, 1.165) is 0 Å². The normalized spacial score (nSPS) is 21.6. The van der Waals surface area contributed by atoms with Crippen molar-refractivity contribution in [3.05, 3.63) is 58.1 Å². The summed E-state index contributed by atoms with van der Waals surface area (Å²) in [6.45, 7) is 2.01. The van der Waals surface area contributed by atoms with Gasteiger partial charge in [-0.1, -0.05) is 41.4 Å². The largest absolute Gasteiger partial charge is 0.484 e. The second kappa shape index (κ2) is 8.09. The van der Waals surface area contributed by atoms with Crippen molar-refractivity contribution >= 4 is 44.9 Å². The number of rotatable bonds is 4. The van der Waals surface area contributed by atoms with Crippen LogP contribution in [-0.2, 0) is 14.8 Å². The van der Waals surface area contributed by atoms with Gasteiger partial charge in [0.25, 0.3) is 0 Å². The molecule has 2 heterocycles. The molecule has 2 atom stereocenters. The van der Waals surface area contributed by atoms with E-state index in [4.69, 9.17) is 27.9 Å². The first-order valence-corrected chi connectivity index (χ1v) is 11.9. The highest BCUT2D eigenvalue weighted by Gasteiger charge is 2.47. The monoisotopic (exact) mass is 482 g/mol. The van der Waals surface area contributed by atoms with Crippen molar-refractivity contribution in [2.45, 2.75) is 36.3 Å². The lowest BCUT2D eigenvalue weighted by Crippen LogP contribution is -2.49. The predicted molar refractivity (Wildman–Crippen MR) is 116 cm³/mol. The molecule has 2 aliphatic heterocycles. The standard InChI is InChI=1S/C21H20Cl2N2O5S/c1-13(24-31(28,29)19-15(22)6-4-7-16(19)23)20(27)25-10-9-21(12-25)11-17(26)14-5-2-3-8-18(14)30-21/h2-8,13,24H,9-12H2,1H3. The number of nitrogens with one attached hydrogen (secondary N) is 1. The third-order valence-corrected chi connectivity index (χ3v) is 8.01. The molecule has 0 bridgehead atoms. The van der Waals surface area contributed by atoms with Crippen LogP contribution in [0.4, 0.5) is 0 Å². The first-order chi connectivity index (χ1) is 14.6. The minimum Gasteiger partial charge on any atom is -0.484 e. The number of para-hydroxylation sites is 1. The van der Waals surface area contributed by atoms with Crippen molar-refractivity contribution in [1.29, 1.82) is 0 Å². The summed E-state index contributed by atoms with van der Waals surface area (Å²) in [6.07, 6.45) is 0.651. The number of benzene rings is 2. The van der Waals surface area contributed by atoms with Gasteiger partial charge in [0.15, 0.2) is 5.78 Å². The van der Waals surface area contributed by atoms with Gasteiger partial charge in [-0.05, 0) is 31.2 Å². The fourth-order valence-electron chi connectivity index (χ4n) is 4.06. The molecule has 10 heteroatoms. The van der Waals surface area contributed by atoms with Gasteiger partial charge < -0.3 is 9.64 Å². The third-order valence-electron chi connectivity index (χ3n) is 5.51. The Labute approximate surface area is 190 Å². The number of nitrogens with zero attached hydrogens (tertiary/aromatic N) is 1. The number of fused-ring (bicyclic) bond motifs is 1. The number of ether oxygens (including phenoxy) is 1. The lowest BCUT2D eigenvalue weighted by molar-refractivity contribution is -0.132. The molecule has 0 aromatic heterocycles. The van der Waals surface area contributed by atoms with Crippen molar-refractivity contribution < 1.29 is 22.7 Å². The van der Waals surface area contributed by atoms with Gasteiger partial charge in [-0.2, -0.15) is 4.72 Å². The van der Waals surface area contributed by atoms with Gasteiger partial charge in [0.1, 0.15) is 16.2 Å². The summed E-state index contributed by atoms with van der Waals surface area (Å²) in [4.78, 5) is 26.8. The molecule has 1 saturated heterocycles. The van der Waals surface area contributed by atoms with E-state index >= 15 is 0 Å². The van der Waals surface area contributed by atoms with Gasteiger partial charge in [-0.15, -0.1) is 0 Å². The van der Waals surface area contributed by atoms with Crippen LogP contribution in [0.25, 0.3) is 0 Å². The Morgan fingerprint density at radius 2 is 1.84 bits per heavy atom. The van der Waals surface area contributed by atoms with E-state index in [9.17, 15) is 18.0 Å². The Balaban J connectivity index is 1.48. The minimum absolute atomic E-state index is 0.0294. The number of likely N-dealkylation sites (tertiary alicyclic amines) is 1. The van der Waals surface area contributed by atoms with Crippen LogP contribution < -0.4 is 9.46 Å². The molecule has 31 heavy (non-hydrogen) atoms. The fourth-order valence-corrected chi connectivity index (χ4v) is 6.40. The van der Waals surface area contributed by atoms with Crippen molar-refractivity contribution in [2.24, 2.45) is 0 Å². The summed E-state index contributed by atoms with van der Waals surface area (Å²) in [7, 11) is -4.12. The number of hydrogen-bond acceptors (Lipinski definition) is 5. The summed E-state index contributed by atoms with van der Waals surface area (Å²) in [5.41, 5.74) is -0.262. The Morgan fingerprint density at radius 3 is 2.55 bits per heavy atom. The van der Waals surface area contributed by atoms with Crippen LogP contribution in [0.3, 0.4) is 0 Å². The highest BCUT2D eigenvalue weighted by Crippen LogP contribution is 2.38. The molecule has 2 aromatic rings. The number of carbonyl (C=O) groups excluding carboxylic acids is 2. The van der Waals surface area contributed by atoms with E-state index in [1.807, 2.05) is 0 Å². The van der Waals surface area contributed by atoms with Crippen LogP contribution in [0.1, 0.15) is 30.1 Å².